The van der Waals surface area contributed by atoms with Crippen molar-refractivity contribution in [2.75, 3.05) is 6.54 Å². The molecule has 7 heteroatoms. The van der Waals surface area contributed by atoms with Crippen LogP contribution in [0.2, 0.25) is 0 Å². The van der Waals surface area contributed by atoms with Crippen LogP contribution in [0.1, 0.15) is 33.0 Å². The largest absolute Gasteiger partial charge is 0.334 e. The molecule has 3 aromatic heterocycles. The summed E-state index contributed by atoms with van der Waals surface area (Å²) < 4.78 is 1.87. The molecule has 0 aliphatic carbocycles. The Kier molecular flexibility index (Phi) is 4.08. The highest BCUT2D eigenvalue weighted by atomic mass is 16.2. The van der Waals surface area contributed by atoms with Gasteiger partial charge in [0, 0.05) is 36.8 Å². The van der Waals surface area contributed by atoms with Crippen LogP contribution in [-0.4, -0.2) is 42.1 Å². The molecule has 0 N–H and O–H groups in total. The van der Waals surface area contributed by atoms with Crippen molar-refractivity contribution in [3.8, 4) is 5.82 Å². The molecule has 0 spiro atoms. The predicted octanol–water partition coefficient (Wildman–Crippen LogP) is 3.03. The fourth-order valence-corrected chi connectivity index (χ4v) is 3.73. The van der Waals surface area contributed by atoms with Crippen LogP contribution in [-0.2, 0) is 13.0 Å². The Morgan fingerprint density at radius 1 is 1.03 bits per heavy atom. The Labute approximate surface area is 168 Å². The number of benzene rings is 1. The Morgan fingerprint density at radius 2 is 1.86 bits per heavy atom. The summed E-state index contributed by atoms with van der Waals surface area (Å²) in [7, 11) is 0. The SMILES string of the molecule is Cc1nc2ccc(C(=O)N3CCc4c(cnn4-c4ccccn4)C3)cc2nc1C. The minimum atomic E-state index is 0.00293. The highest BCUT2D eigenvalue weighted by Crippen LogP contribution is 2.23. The minimum Gasteiger partial charge on any atom is -0.334 e. The fraction of sp³-hybridized carbons (Fsp3) is 0.227. The first-order valence-electron chi connectivity index (χ1n) is 9.61. The zero-order valence-electron chi connectivity index (χ0n) is 16.3. The van der Waals surface area contributed by atoms with Crippen LogP contribution in [0.25, 0.3) is 16.9 Å². The maximum absolute atomic E-state index is 13.1. The number of hydrogen-bond acceptors (Lipinski definition) is 5. The highest BCUT2D eigenvalue weighted by molar-refractivity contribution is 5.97. The summed E-state index contributed by atoms with van der Waals surface area (Å²) in [5, 5.41) is 4.49. The summed E-state index contributed by atoms with van der Waals surface area (Å²) in [6, 6.07) is 11.3. The molecule has 0 atom stereocenters. The van der Waals surface area contributed by atoms with Crippen molar-refractivity contribution in [2.45, 2.75) is 26.8 Å². The molecule has 1 aromatic carbocycles. The lowest BCUT2D eigenvalue weighted by Gasteiger charge is -2.27. The van der Waals surface area contributed by atoms with Gasteiger partial charge in [-0.25, -0.2) is 19.6 Å². The van der Waals surface area contributed by atoms with Gasteiger partial charge in [0.25, 0.3) is 5.91 Å². The summed E-state index contributed by atoms with van der Waals surface area (Å²) in [5.41, 5.74) is 6.15. The molecular weight excluding hydrogens is 364 g/mol. The molecule has 0 saturated carbocycles. The Balaban J connectivity index is 1.42. The number of pyridine rings is 1. The predicted molar refractivity (Wildman–Crippen MR) is 109 cm³/mol. The van der Waals surface area contributed by atoms with Gasteiger partial charge < -0.3 is 4.90 Å². The average Bonchev–Trinajstić information content (AvgIpc) is 3.17. The van der Waals surface area contributed by atoms with E-state index in [1.807, 2.05) is 66.0 Å². The zero-order chi connectivity index (χ0) is 20.0. The van der Waals surface area contributed by atoms with E-state index in [1.165, 1.54) is 0 Å². The molecule has 4 aromatic rings. The van der Waals surface area contributed by atoms with Crippen molar-refractivity contribution in [3.63, 3.8) is 0 Å². The summed E-state index contributed by atoms with van der Waals surface area (Å²) >= 11 is 0. The monoisotopic (exact) mass is 384 g/mol. The second-order valence-corrected chi connectivity index (χ2v) is 7.29. The van der Waals surface area contributed by atoms with E-state index in [-0.39, 0.29) is 5.91 Å². The van der Waals surface area contributed by atoms with Crippen molar-refractivity contribution in [1.29, 1.82) is 0 Å². The van der Waals surface area contributed by atoms with E-state index in [0.717, 1.165) is 45.9 Å². The van der Waals surface area contributed by atoms with Crippen molar-refractivity contribution in [1.82, 2.24) is 29.6 Å². The van der Waals surface area contributed by atoms with E-state index in [9.17, 15) is 4.79 Å². The smallest absolute Gasteiger partial charge is 0.254 e. The third kappa shape index (κ3) is 3.04. The van der Waals surface area contributed by atoms with Crippen LogP contribution < -0.4 is 0 Å². The molecule has 0 saturated heterocycles. The van der Waals surface area contributed by atoms with Gasteiger partial charge in [-0.2, -0.15) is 5.10 Å². The van der Waals surface area contributed by atoms with E-state index in [4.69, 9.17) is 0 Å². The van der Waals surface area contributed by atoms with Gasteiger partial charge in [-0.15, -0.1) is 0 Å². The van der Waals surface area contributed by atoms with Gasteiger partial charge in [0.1, 0.15) is 0 Å². The fourth-order valence-electron chi connectivity index (χ4n) is 3.73. The molecule has 7 nitrogen and oxygen atoms in total. The summed E-state index contributed by atoms with van der Waals surface area (Å²) in [5.74, 6) is 0.801. The van der Waals surface area contributed by atoms with Crippen molar-refractivity contribution >= 4 is 16.9 Å². The molecule has 1 amide bonds. The number of carbonyl (C=O) groups excluding carboxylic acids is 1. The molecule has 1 aliphatic rings. The third-order valence-electron chi connectivity index (χ3n) is 5.41. The second-order valence-electron chi connectivity index (χ2n) is 7.29. The lowest BCUT2D eigenvalue weighted by molar-refractivity contribution is 0.0734. The molecule has 4 heterocycles. The van der Waals surface area contributed by atoms with Gasteiger partial charge in [0.2, 0.25) is 0 Å². The van der Waals surface area contributed by atoms with Gasteiger partial charge in [0.05, 0.1) is 34.3 Å². The van der Waals surface area contributed by atoms with Gasteiger partial charge in [0.15, 0.2) is 5.82 Å². The molecule has 0 bridgehead atoms. The van der Waals surface area contributed by atoms with E-state index in [1.54, 1.807) is 6.20 Å². The van der Waals surface area contributed by atoms with Gasteiger partial charge in [-0.3, -0.25) is 4.79 Å². The van der Waals surface area contributed by atoms with Gasteiger partial charge in [-0.1, -0.05) is 6.07 Å². The number of hydrogen-bond donors (Lipinski definition) is 0. The van der Waals surface area contributed by atoms with Crippen molar-refractivity contribution < 1.29 is 4.79 Å². The minimum absolute atomic E-state index is 0.00293. The Morgan fingerprint density at radius 3 is 2.66 bits per heavy atom. The van der Waals surface area contributed by atoms with Crippen LogP contribution in [0.4, 0.5) is 0 Å². The number of carbonyl (C=O) groups is 1. The topological polar surface area (TPSA) is 76.8 Å². The molecule has 29 heavy (non-hydrogen) atoms. The lowest BCUT2D eigenvalue weighted by atomic mass is 10.1. The summed E-state index contributed by atoms with van der Waals surface area (Å²) in [4.78, 5) is 28.5. The van der Waals surface area contributed by atoms with Crippen LogP contribution in [0.5, 0.6) is 0 Å². The number of aromatic nitrogens is 5. The molecular formula is C22H20N6O. The maximum Gasteiger partial charge on any atom is 0.254 e. The maximum atomic E-state index is 13.1. The van der Waals surface area contributed by atoms with Crippen LogP contribution >= 0.6 is 0 Å². The van der Waals surface area contributed by atoms with Crippen molar-refractivity contribution in [3.05, 3.63) is 77.0 Å². The molecule has 5 rings (SSSR count). The van der Waals surface area contributed by atoms with E-state index in [0.29, 0.717) is 18.7 Å². The first-order valence-corrected chi connectivity index (χ1v) is 9.61. The van der Waals surface area contributed by atoms with Crippen LogP contribution in [0.15, 0.2) is 48.8 Å². The quantitative estimate of drug-likeness (QED) is 0.531. The first-order chi connectivity index (χ1) is 14.1. The number of aryl methyl sites for hydroxylation is 2. The zero-order valence-corrected chi connectivity index (χ0v) is 16.3. The number of rotatable bonds is 2. The number of fused-ring (bicyclic) bond motifs is 2. The third-order valence-corrected chi connectivity index (χ3v) is 5.41. The molecule has 1 aliphatic heterocycles. The van der Waals surface area contributed by atoms with Gasteiger partial charge in [-0.05, 0) is 44.2 Å². The Hall–Kier alpha value is -3.61. The van der Waals surface area contributed by atoms with Crippen LogP contribution in [0.3, 0.4) is 0 Å². The molecule has 0 fully saturated rings. The van der Waals surface area contributed by atoms with Gasteiger partial charge >= 0.3 is 0 Å². The highest BCUT2D eigenvalue weighted by Gasteiger charge is 2.25. The normalized spacial score (nSPS) is 13.5. The standard InChI is InChI=1S/C22H20N6O/c1-14-15(2)26-19-11-16(6-7-18(19)25-14)22(29)27-10-8-20-17(13-27)12-24-28(20)21-5-3-4-9-23-21/h3-7,9,11-12H,8,10,13H2,1-2H3. The summed E-state index contributed by atoms with van der Waals surface area (Å²) in [6.45, 7) is 5.05. The van der Waals surface area contributed by atoms with Crippen LogP contribution in [0, 0.1) is 13.8 Å². The van der Waals surface area contributed by atoms with E-state index >= 15 is 0 Å². The number of amides is 1. The van der Waals surface area contributed by atoms with E-state index < -0.39 is 0 Å². The molecule has 0 unspecified atom stereocenters. The lowest BCUT2D eigenvalue weighted by Crippen LogP contribution is -2.36. The Bertz CT molecular complexity index is 1230. The average molecular weight is 384 g/mol. The molecule has 144 valence electrons. The van der Waals surface area contributed by atoms with Crippen molar-refractivity contribution in [2.24, 2.45) is 0 Å². The van der Waals surface area contributed by atoms with E-state index in [2.05, 4.69) is 20.1 Å². The summed E-state index contributed by atoms with van der Waals surface area (Å²) in [6.07, 6.45) is 4.33. The second kappa shape index (κ2) is 6.77. The first kappa shape index (κ1) is 17.5. The number of nitrogens with zero attached hydrogens (tertiary/aromatic N) is 6. The molecule has 0 radical (unpaired) electrons.